The van der Waals surface area contributed by atoms with Crippen LogP contribution in [0, 0.1) is 5.82 Å². The second-order valence-electron chi connectivity index (χ2n) is 6.64. The molecule has 0 bridgehead atoms. The number of nitrogens with zero attached hydrogens (tertiary/aromatic N) is 1. The lowest BCUT2D eigenvalue weighted by molar-refractivity contribution is 0.155. The van der Waals surface area contributed by atoms with Crippen LogP contribution in [0.2, 0.25) is 0 Å². The zero-order chi connectivity index (χ0) is 17.8. The van der Waals surface area contributed by atoms with Crippen molar-refractivity contribution in [1.29, 1.82) is 0 Å². The minimum Gasteiger partial charge on any atom is -0.482 e. The van der Waals surface area contributed by atoms with Crippen LogP contribution in [0.4, 0.5) is 4.39 Å². The molecule has 4 rings (SSSR count). The van der Waals surface area contributed by atoms with Gasteiger partial charge < -0.3 is 4.74 Å². The molecule has 134 valence electrons. The Morgan fingerprint density at radius 3 is 2.62 bits per heavy atom. The van der Waals surface area contributed by atoms with Crippen LogP contribution in [0.25, 0.3) is 0 Å². The molecule has 26 heavy (non-hydrogen) atoms. The van der Waals surface area contributed by atoms with Crippen LogP contribution in [-0.4, -0.2) is 18.0 Å². The van der Waals surface area contributed by atoms with Crippen molar-refractivity contribution in [3.8, 4) is 5.75 Å². The van der Waals surface area contributed by atoms with Gasteiger partial charge in [0, 0.05) is 30.9 Å². The van der Waals surface area contributed by atoms with Gasteiger partial charge in [-0.25, -0.2) is 4.39 Å². The summed E-state index contributed by atoms with van der Waals surface area (Å²) < 4.78 is 20.1. The van der Waals surface area contributed by atoms with Gasteiger partial charge >= 0.3 is 0 Å². The molecule has 3 aromatic rings. The first-order valence-corrected chi connectivity index (χ1v) is 9.91. The SMILES string of the molecule is Fc1ccccc1OC(CCN1CCc2ccccc2C1)c1cccs1. The first kappa shape index (κ1) is 17.3. The van der Waals surface area contributed by atoms with Gasteiger partial charge in [0.05, 0.1) is 0 Å². The summed E-state index contributed by atoms with van der Waals surface area (Å²) >= 11 is 1.67. The lowest BCUT2D eigenvalue weighted by atomic mass is 9.99. The highest BCUT2D eigenvalue weighted by atomic mass is 32.1. The van der Waals surface area contributed by atoms with Gasteiger partial charge in [0.2, 0.25) is 0 Å². The van der Waals surface area contributed by atoms with Crippen LogP contribution < -0.4 is 4.74 Å². The smallest absolute Gasteiger partial charge is 0.165 e. The molecule has 2 aromatic carbocycles. The van der Waals surface area contributed by atoms with Gasteiger partial charge in [-0.3, -0.25) is 4.90 Å². The summed E-state index contributed by atoms with van der Waals surface area (Å²) in [5.74, 6) is 0.0239. The molecule has 1 aliphatic heterocycles. The van der Waals surface area contributed by atoms with Crippen molar-refractivity contribution in [2.24, 2.45) is 0 Å². The first-order chi connectivity index (χ1) is 12.8. The van der Waals surface area contributed by atoms with E-state index in [1.165, 1.54) is 17.2 Å². The third kappa shape index (κ3) is 3.97. The lowest BCUT2D eigenvalue weighted by Gasteiger charge is -2.30. The fraction of sp³-hybridized carbons (Fsp3) is 0.273. The van der Waals surface area contributed by atoms with E-state index in [1.807, 2.05) is 17.5 Å². The van der Waals surface area contributed by atoms with E-state index in [2.05, 4.69) is 35.2 Å². The molecule has 0 amide bonds. The average Bonchev–Trinajstić information content (AvgIpc) is 3.21. The summed E-state index contributed by atoms with van der Waals surface area (Å²) in [6, 6.07) is 19.4. The molecule has 1 unspecified atom stereocenters. The van der Waals surface area contributed by atoms with Crippen molar-refractivity contribution >= 4 is 11.3 Å². The van der Waals surface area contributed by atoms with E-state index in [0.29, 0.717) is 5.75 Å². The highest BCUT2D eigenvalue weighted by Crippen LogP contribution is 2.30. The Kier molecular flexibility index (Phi) is 5.32. The second kappa shape index (κ2) is 8.02. The molecule has 0 saturated carbocycles. The van der Waals surface area contributed by atoms with Crippen LogP contribution in [-0.2, 0) is 13.0 Å². The van der Waals surface area contributed by atoms with E-state index in [0.717, 1.165) is 37.4 Å². The van der Waals surface area contributed by atoms with Crippen molar-refractivity contribution in [3.63, 3.8) is 0 Å². The van der Waals surface area contributed by atoms with Gasteiger partial charge in [0.25, 0.3) is 0 Å². The number of hydrogen-bond donors (Lipinski definition) is 0. The Labute approximate surface area is 157 Å². The third-order valence-corrected chi connectivity index (χ3v) is 5.85. The van der Waals surface area contributed by atoms with Crippen LogP contribution in [0.1, 0.15) is 28.5 Å². The predicted molar refractivity (Wildman–Crippen MR) is 104 cm³/mol. The number of hydrogen-bond acceptors (Lipinski definition) is 3. The third-order valence-electron chi connectivity index (χ3n) is 4.88. The molecule has 1 aliphatic rings. The summed E-state index contributed by atoms with van der Waals surface area (Å²) in [6.45, 7) is 2.98. The number of ether oxygens (including phenoxy) is 1. The van der Waals surface area contributed by atoms with E-state index in [9.17, 15) is 4.39 Å². The molecule has 1 atom stereocenters. The maximum Gasteiger partial charge on any atom is 0.165 e. The number of fused-ring (bicyclic) bond motifs is 1. The molecule has 0 fully saturated rings. The number of thiophene rings is 1. The number of para-hydroxylation sites is 1. The Hall–Kier alpha value is -2.17. The largest absolute Gasteiger partial charge is 0.482 e. The number of halogens is 1. The zero-order valence-electron chi connectivity index (χ0n) is 14.6. The second-order valence-corrected chi connectivity index (χ2v) is 7.62. The van der Waals surface area contributed by atoms with E-state index < -0.39 is 0 Å². The number of rotatable bonds is 6. The number of benzene rings is 2. The molecule has 0 spiro atoms. The molecule has 0 aliphatic carbocycles. The molecule has 0 N–H and O–H groups in total. The van der Waals surface area contributed by atoms with Gasteiger partial charge in [-0.15, -0.1) is 11.3 Å². The van der Waals surface area contributed by atoms with E-state index >= 15 is 0 Å². The standard InChI is InChI=1S/C22H22FNOS/c23-19-8-3-4-9-20(19)25-21(22-10-5-15-26-22)12-14-24-13-11-17-6-1-2-7-18(17)16-24/h1-10,15,21H,11-14,16H2. The Bertz CT molecular complexity index is 849. The highest BCUT2D eigenvalue weighted by molar-refractivity contribution is 7.10. The first-order valence-electron chi connectivity index (χ1n) is 9.03. The Morgan fingerprint density at radius 1 is 1.00 bits per heavy atom. The summed E-state index contributed by atoms with van der Waals surface area (Å²) in [7, 11) is 0. The van der Waals surface area contributed by atoms with Crippen molar-refractivity contribution in [2.45, 2.75) is 25.5 Å². The van der Waals surface area contributed by atoms with Gasteiger partial charge in [0.1, 0.15) is 6.10 Å². The van der Waals surface area contributed by atoms with Crippen LogP contribution >= 0.6 is 11.3 Å². The van der Waals surface area contributed by atoms with Gasteiger partial charge in [-0.1, -0.05) is 42.5 Å². The molecular weight excluding hydrogens is 345 g/mol. The highest BCUT2D eigenvalue weighted by Gasteiger charge is 2.20. The minimum atomic E-state index is -0.305. The maximum absolute atomic E-state index is 14.0. The van der Waals surface area contributed by atoms with Crippen molar-refractivity contribution in [2.75, 3.05) is 13.1 Å². The minimum absolute atomic E-state index is 0.121. The van der Waals surface area contributed by atoms with E-state index in [4.69, 9.17) is 4.74 Å². The molecule has 1 aromatic heterocycles. The van der Waals surface area contributed by atoms with Crippen molar-refractivity contribution < 1.29 is 9.13 Å². The molecule has 0 saturated heterocycles. The fourth-order valence-corrected chi connectivity index (χ4v) is 4.26. The quantitative estimate of drug-likeness (QED) is 0.574. The predicted octanol–water partition coefficient (Wildman–Crippen LogP) is 5.46. The fourth-order valence-electron chi connectivity index (χ4n) is 3.47. The summed E-state index contributed by atoms with van der Waals surface area (Å²) in [6.07, 6.45) is 1.81. The van der Waals surface area contributed by atoms with Crippen molar-refractivity contribution in [1.82, 2.24) is 4.90 Å². The van der Waals surface area contributed by atoms with E-state index in [1.54, 1.807) is 23.5 Å². The summed E-state index contributed by atoms with van der Waals surface area (Å²) in [5.41, 5.74) is 2.88. The monoisotopic (exact) mass is 367 g/mol. The van der Waals surface area contributed by atoms with E-state index in [-0.39, 0.29) is 11.9 Å². The molecule has 2 heterocycles. The average molecular weight is 367 g/mol. The van der Waals surface area contributed by atoms with Crippen LogP contribution in [0.3, 0.4) is 0 Å². The maximum atomic E-state index is 14.0. The van der Waals surface area contributed by atoms with Crippen LogP contribution in [0.15, 0.2) is 66.0 Å². The zero-order valence-corrected chi connectivity index (χ0v) is 15.4. The molecular formula is C22H22FNOS. The van der Waals surface area contributed by atoms with Gasteiger partial charge in [0.15, 0.2) is 11.6 Å². The topological polar surface area (TPSA) is 12.5 Å². The molecule has 4 heteroatoms. The molecule has 2 nitrogen and oxygen atoms in total. The normalized spacial score (nSPS) is 15.4. The molecule has 0 radical (unpaired) electrons. The summed E-state index contributed by atoms with van der Waals surface area (Å²) in [5, 5.41) is 2.05. The van der Waals surface area contributed by atoms with Gasteiger partial charge in [-0.2, -0.15) is 0 Å². The van der Waals surface area contributed by atoms with Crippen LogP contribution in [0.5, 0.6) is 5.75 Å². The Morgan fingerprint density at radius 2 is 1.81 bits per heavy atom. The summed E-state index contributed by atoms with van der Waals surface area (Å²) in [4.78, 5) is 3.61. The van der Waals surface area contributed by atoms with Gasteiger partial charge in [-0.05, 0) is 41.1 Å². The lowest BCUT2D eigenvalue weighted by Crippen LogP contribution is -2.32. The Balaban J connectivity index is 1.44. The van der Waals surface area contributed by atoms with Crippen molar-refractivity contribution in [3.05, 3.63) is 87.9 Å².